The van der Waals surface area contributed by atoms with Crippen LogP contribution in [0.3, 0.4) is 0 Å². The van der Waals surface area contributed by atoms with Crippen LogP contribution in [0.4, 0.5) is 4.39 Å². The van der Waals surface area contributed by atoms with E-state index in [2.05, 4.69) is 9.80 Å². The largest absolute Gasteiger partial charge is 0.478 e. The predicted octanol–water partition coefficient (Wildman–Crippen LogP) is 3.31. The third-order valence-electron chi connectivity index (χ3n) is 4.77. The van der Waals surface area contributed by atoms with E-state index in [9.17, 15) is 9.18 Å². The van der Waals surface area contributed by atoms with E-state index in [1.165, 1.54) is 12.1 Å². The summed E-state index contributed by atoms with van der Waals surface area (Å²) in [5.74, 6) is 0.411. The molecule has 27 heavy (non-hydrogen) atoms. The van der Waals surface area contributed by atoms with Crippen molar-refractivity contribution in [1.82, 2.24) is 9.80 Å². The highest BCUT2D eigenvalue weighted by atomic mass is 19.1. The number of benzene rings is 2. The Kier molecular flexibility index (Phi) is 4.68. The van der Waals surface area contributed by atoms with Crippen molar-refractivity contribution >= 4 is 11.0 Å². The second kappa shape index (κ2) is 7.13. The standard InChI is InChI=1S/C21H21FN2O3/c1-23(2)9-10-24-12-18-19(26-13-24)8-5-15-11-17(21(25)27-20(15)18)14-3-6-16(22)7-4-14/h3-8,11H,9-10,12-13H2,1-2H3. The molecule has 0 unspecified atom stereocenters. The highest BCUT2D eigenvalue weighted by molar-refractivity contribution is 5.86. The van der Waals surface area contributed by atoms with Crippen molar-refractivity contribution in [3.05, 3.63) is 64.3 Å². The van der Waals surface area contributed by atoms with E-state index in [-0.39, 0.29) is 5.82 Å². The molecule has 0 saturated heterocycles. The van der Waals surface area contributed by atoms with Gasteiger partial charge in [-0.1, -0.05) is 12.1 Å². The monoisotopic (exact) mass is 368 g/mol. The van der Waals surface area contributed by atoms with Crippen LogP contribution in [0, 0.1) is 5.82 Å². The van der Waals surface area contributed by atoms with Gasteiger partial charge in [-0.15, -0.1) is 0 Å². The number of hydrogen-bond donors (Lipinski definition) is 0. The number of likely N-dealkylation sites (N-methyl/N-ethyl adjacent to an activating group) is 1. The number of rotatable bonds is 4. The molecule has 2 aromatic carbocycles. The van der Waals surface area contributed by atoms with Crippen molar-refractivity contribution in [2.75, 3.05) is 33.9 Å². The normalized spacial score (nSPS) is 14.4. The molecule has 0 amide bonds. The van der Waals surface area contributed by atoms with E-state index in [1.807, 2.05) is 26.2 Å². The summed E-state index contributed by atoms with van der Waals surface area (Å²) in [4.78, 5) is 16.9. The van der Waals surface area contributed by atoms with Crippen LogP contribution in [0.2, 0.25) is 0 Å². The van der Waals surface area contributed by atoms with E-state index in [0.717, 1.165) is 29.8 Å². The molecule has 140 valence electrons. The first-order chi connectivity index (χ1) is 13.0. The second-order valence-electron chi connectivity index (χ2n) is 7.04. The summed E-state index contributed by atoms with van der Waals surface area (Å²) in [7, 11) is 4.06. The summed E-state index contributed by atoms with van der Waals surface area (Å²) < 4.78 is 24.7. The van der Waals surface area contributed by atoms with Crippen LogP contribution in [0.25, 0.3) is 22.1 Å². The Hall–Kier alpha value is -2.70. The van der Waals surface area contributed by atoms with E-state index in [1.54, 1.807) is 18.2 Å². The second-order valence-corrected chi connectivity index (χ2v) is 7.04. The van der Waals surface area contributed by atoms with Crippen molar-refractivity contribution in [1.29, 1.82) is 0 Å². The van der Waals surface area contributed by atoms with Gasteiger partial charge in [0, 0.05) is 25.0 Å². The van der Waals surface area contributed by atoms with E-state index in [4.69, 9.17) is 9.15 Å². The molecule has 2 heterocycles. The molecule has 0 aliphatic carbocycles. The number of nitrogens with zero attached hydrogens (tertiary/aromatic N) is 2. The van der Waals surface area contributed by atoms with Gasteiger partial charge in [0.05, 0.1) is 11.1 Å². The van der Waals surface area contributed by atoms with Crippen molar-refractivity contribution in [3.8, 4) is 16.9 Å². The van der Waals surface area contributed by atoms with Crippen LogP contribution in [0.1, 0.15) is 5.56 Å². The molecule has 1 aliphatic heterocycles. The predicted molar refractivity (Wildman–Crippen MR) is 102 cm³/mol. The molecule has 0 spiro atoms. The Morgan fingerprint density at radius 2 is 1.93 bits per heavy atom. The summed E-state index contributed by atoms with van der Waals surface area (Å²) in [6.07, 6.45) is 0. The summed E-state index contributed by atoms with van der Waals surface area (Å²) in [5, 5.41) is 0.825. The highest BCUT2D eigenvalue weighted by Crippen LogP contribution is 2.33. The van der Waals surface area contributed by atoms with Crippen LogP contribution in [-0.2, 0) is 6.54 Å². The number of ether oxygens (including phenoxy) is 1. The van der Waals surface area contributed by atoms with Gasteiger partial charge in [-0.05, 0) is 50.0 Å². The lowest BCUT2D eigenvalue weighted by atomic mass is 10.0. The minimum atomic E-state index is -0.437. The summed E-state index contributed by atoms with van der Waals surface area (Å²) in [5.41, 5.74) is 2.06. The molecular weight excluding hydrogens is 347 g/mol. The fourth-order valence-electron chi connectivity index (χ4n) is 3.25. The maximum absolute atomic E-state index is 13.2. The quantitative estimate of drug-likeness (QED) is 0.661. The lowest BCUT2D eigenvalue weighted by Gasteiger charge is -2.30. The van der Waals surface area contributed by atoms with E-state index in [0.29, 0.717) is 30.0 Å². The third-order valence-corrected chi connectivity index (χ3v) is 4.77. The Labute approximate surface area is 156 Å². The average molecular weight is 368 g/mol. The molecule has 0 atom stereocenters. The minimum Gasteiger partial charge on any atom is -0.478 e. The smallest absolute Gasteiger partial charge is 0.344 e. The zero-order valence-electron chi connectivity index (χ0n) is 15.4. The molecule has 0 fully saturated rings. The summed E-state index contributed by atoms with van der Waals surface area (Å²) >= 11 is 0. The first-order valence-corrected chi connectivity index (χ1v) is 8.87. The molecule has 3 aromatic rings. The van der Waals surface area contributed by atoms with Gasteiger partial charge < -0.3 is 14.1 Å². The Bertz CT molecular complexity index is 1030. The van der Waals surface area contributed by atoms with Crippen LogP contribution < -0.4 is 10.4 Å². The van der Waals surface area contributed by atoms with Crippen molar-refractivity contribution in [2.24, 2.45) is 0 Å². The Morgan fingerprint density at radius 1 is 1.15 bits per heavy atom. The van der Waals surface area contributed by atoms with E-state index < -0.39 is 5.63 Å². The molecule has 5 nitrogen and oxygen atoms in total. The lowest BCUT2D eigenvalue weighted by Crippen LogP contribution is -2.37. The third kappa shape index (κ3) is 3.59. The molecule has 0 radical (unpaired) electrons. The Balaban J connectivity index is 1.73. The Morgan fingerprint density at radius 3 is 2.67 bits per heavy atom. The number of fused-ring (bicyclic) bond motifs is 3. The highest BCUT2D eigenvalue weighted by Gasteiger charge is 2.22. The average Bonchev–Trinajstić information content (AvgIpc) is 2.66. The zero-order valence-corrected chi connectivity index (χ0v) is 15.4. The first kappa shape index (κ1) is 17.7. The molecule has 0 N–H and O–H groups in total. The fourth-order valence-corrected chi connectivity index (χ4v) is 3.25. The minimum absolute atomic E-state index is 0.340. The molecule has 0 saturated carbocycles. The van der Waals surface area contributed by atoms with E-state index >= 15 is 0 Å². The van der Waals surface area contributed by atoms with Gasteiger partial charge in [0.25, 0.3) is 0 Å². The van der Waals surface area contributed by atoms with Gasteiger partial charge in [-0.3, -0.25) is 4.90 Å². The van der Waals surface area contributed by atoms with Crippen molar-refractivity contribution in [3.63, 3.8) is 0 Å². The molecule has 1 aromatic heterocycles. The van der Waals surface area contributed by atoms with Crippen LogP contribution in [-0.4, -0.2) is 43.7 Å². The lowest BCUT2D eigenvalue weighted by molar-refractivity contribution is 0.0890. The first-order valence-electron chi connectivity index (χ1n) is 8.87. The number of hydrogen-bond acceptors (Lipinski definition) is 5. The van der Waals surface area contributed by atoms with Crippen LogP contribution in [0.5, 0.6) is 5.75 Å². The molecular formula is C21H21FN2O3. The number of halogens is 1. The van der Waals surface area contributed by atoms with Crippen molar-refractivity contribution < 1.29 is 13.5 Å². The molecule has 4 rings (SSSR count). The van der Waals surface area contributed by atoms with Gasteiger partial charge in [0.2, 0.25) is 0 Å². The van der Waals surface area contributed by atoms with Gasteiger partial charge in [0.15, 0.2) is 0 Å². The SMILES string of the molecule is CN(C)CCN1COc2ccc3cc(-c4ccc(F)cc4)c(=O)oc3c2C1. The topological polar surface area (TPSA) is 45.9 Å². The summed E-state index contributed by atoms with van der Waals surface area (Å²) in [6.45, 7) is 2.96. The van der Waals surface area contributed by atoms with Crippen molar-refractivity contribution in [2.45, 2.75) is 6.54 Å². The van der Waals surface area contributed by atoms with Gasteiger partial charge in [0.1, 0.15) is 23.9 Å². The maximum Gasteiger partial charge on any atom is 0.344 e. The van der Waals surface area contributed by atoms with Crippen LogP contribution in [0.15, 0.2) is 51.7 Å². The summed E-state index contributed by atoms with van der Waals surface area (Å²) in [6, 6.07) is 11.4. The maximum atomic E-state index is 13.2. The van der Waals surface area contributed by atoms with Crippen LogP contribution >= 0.6 is 0 Å². The van der Waals surface area contributed by atoms with Gasteiger partial charge in [-0.2, -0.15) is 0 Å². The molecule has 1 aliphatic rings. The fraction of sp³-hybridized carbons (Fsp3) is 0.286. The van der Waals surface area contributed by atoms with Gasteiger partial charge in [-0.25, -0.2) is 9.18 Å². The zero-order chi connectivity index (χ0) is 19.0. The van der Waals surface area contributed by atoms with Gasteiger partial charge >= 0.3 is 5.63 Å². The molecule has 0 bridgehead atoms. The molecule has 6 heteroatoms.